The molecule has 0 radical (unpaired) electrons. The van der Waals surface area contributed by atoms with Gasteiger partial charge in [-0.05, 0) is 83.1 Å². The lowest BCUT2D eigenvalue weighted by Gasteiger charge is -2.23. The van der Waals surface area contributed by atoms with Gasteiger partial charge in [-0.2, -0.15) is 0 Å². The number of carbonyl (C=O) groups is 2. The zero-order chi connectivity index (χ0) is 46.7. The second kappa shape index (κ2) is 51.0. The minimum Gasteiger partial charge on any atom is -0.458 e. The zero-order valence-corrected chi connectivity index (χ0v) is 41.9. The molecule has 0 aliphatic carbocycles. The summed E-state index contributed by atoms with van der Waals surface area (Å²) in [5.41, 5.74) is 0. The van der Waals surface area contributed by atoms with E-state index in [0.29, 0.717) is 19.3 Å². The van der Waals surface area contributed by atoms with Crippen molar-refractivity contribution in [1.82, 2.24) is 5.32 Å². The number of esters is 1. The van der Waals surface area contributed by atoms with E-state index in [-0.39, 0.29) is 24.9 Å². The van der Waals surface area contributed by atoms with Crippen molar-refractivity contribution < 1.29 is 24.5 Å². The van der Waals surface area contributed by atoms with Gasteiger partial charge >= 0.3 is 5.97 Å². The summed E-state index contributed by atoms with van der Waals surface area (Å²) in [7, 11) is 0. The normalized spacial score (nSPS) is 13.9. The van der Waals surface area contributed by atoms with Gasteiger partial charge in [-0.25, -0.2) is 0 Å². The van der Waals surface area contributed by atoms with Crippen LogP contribution in [0.2, 0.25) is 0 Å². The largest absolute Gasteiger partial charge is 0.458 e. The number of rotatable bonds is 47. The van der Waals surface area contributed by atoms with Crippen molar-refractivity contribution in [3.63, 3.8) is 0 Å². The Bertz CT molecular complexity index is 1230. The van der Waals surface area contributed by atoms with Crippen molar-refractivity contribution in [3.8, 4) is 0 Å². The van der Waals surface area contributed by atoms with Gasteiger partial charge < -0.3 is 20.3 Å². The molecule has 0 bridgehead atoms. The van der Waals surface area contributed by atoms with Crippen molar-refractivity contribution in [2.45, 2.75) is 264 Å². The highest BCUT2D eigenvalue weighted by Crippen LogP contribution is 2.16. The number of amides is 1. The number of carbonyl (C=O) groups excluding carboxylic acids is 2. The highest BCUT2D eigenvalue weighted by molar-refractivity contribution is 5.78. The second-order valence-electron chi connectivity index (χ2n) is 17.9. The third-order valence-corrected chi connectivity index (χ3v) is 11.7. The molecule has 0 spiro atoms. The van der Waals surface area contributed by atoms with E-state index in [1.54, 1.807) is 6.08 Å². The summed E-state index contributed by atoms with van der Waals surface area (Å²) in [6.45, 7) is 6.33. The number of allylic oxidation sites excluding steroid dienone is 13. The number of hydrogen-bond donors (Lipinski definition) is 3. The molecule has 0 saturated carbocycles. The molecule has 1 amide bonds. The number of nitrogens with one attached hydrogen (secondary N) is 1. The van der Waals surface area contributed by atoms with Gasteiger partial charge in [0.05, 0.1) is 25.2 Å². The average molecular weight is 892 g/mol. The minimum atomic E-state index is -0.826. The highest BCUT2D eigenvalue weighted by atomic mass is 16.5. The van der Waals surface area contributed by atoms with Gasteiger partial charge in [0.1, 0.15) is 6.10 Å². The molecule has 64 heavy (non-hydrogen) atoms. The molecule has 3 atom stereocenters. The van der Waals surface area contributed by atoms with E-state index in [1.165, 1.54) is 116 Å². The Morgan fingerprint density at radius 3 is 1.31 bits per heavy atom. The molecule has 0 saturated heterocycles. The highest BCUT2D eigenvalue weighted by Gasteiger charge is 2.23. The summed E-state index contributed by atoms with van der Waals surface area (Å²) >= 11 is 0. The van der Waals surface area contributed by atoms with Gasteiger partial charge in [-0.1, -0.05) is 235 Å². The van der Waals surface area contributed by atoms with Crippen LogP contribution < -0.4 is 5.32 Å². The summed E-state index contributed by atoms with van der Waals surface area (Å²) in [6, 6.07) is -0.749. The van der Waals surface area contributed by atoms with Gasteiger partial charge in [-0.15, -0.1) is 0 Å². The van der Waals surface area contributed by atoms with E-state index in [2.05, 4.69) is 99.0 Å². The Balaban J connectivity index is 4.78. The summed E-state index contributed by atoms with van der Waals surface area (Å²) in [4.78, 5) is 26.1. The molecular weight excluding hydrogens is 791 g/mol. The Morgan fingerprint density at radius 1 is 0.484 bits per heavy atom. The van der Waals surface area contributed by atoms with Crippen LogP contribution in [0.5, 0.6) is 0 Å². The maximum atomic E-state index is 13.2. The summed E-state index contributed by atoms with van der Waals surface area (Å²) in [5.74, 6) is -0.650. The van der Waals surface area contributed by atoms with Crippen LogP contribution in [0, 0.1) is 0 Å². The third kappa shape index (κ3) is 45.6. The van der Waals surface area contributed by atoms with Crippen molar-refractivity contribution in [3.05, 3.63) is 85.1 Å². The Hall–Kier alpha value is -2.96. The van der Waals surface area contributed by atoms with Crippen LogP contribution >= 0.6 is 0 Å². The molecule has 0 rings (SSSR count). The maximum absolute atomic E-state index is 13.2. The van der Waals surface area contributed by atoms with E-state index in [9.17, 15) is 19.8 Å². The van der Waals surface area contributed by atoms with E-state index in [1.807, 2.05) is 6.08 Å². The van der Waals surface area contributed by atoms with Crippen LogP contribution in [0.3, 0.4) is 0 Å². The van der Waals surface area contributed by atoms with Crippen LogP contribution in [0.1, 0.15) is 245 Å². The smallest absolute Gasteiger partial charge is 0.306 e. The summed E-state index contributed by atoms with van der Waals surface area (Å²) in [5, 5.41) is 23.7. The zero-order valence-electron chi connectivity index (χ0n) is 41.9. The molecule has 0 aromatic heterocycles. The van der Waals surface area contributed by atoms with Crippen LogP contribution in [0.4, 0.5) is 0 Å². The number of ether oxygens (including phenoxy) is 1. The fourth-order valence-electron chi connectivity index (χ4n) is 7.66. The number of aliphatic hydroxyl groups excluding tert-OH is 2. The molecule has 368 valence electrons. The molecule has 0 aliphatic heterocycles. The van der Waals surface area contributed by atoms with Crippen LogP contribution in [0.25, 0.3) is 0 Å². The van der Waals surface area contributed by atoms with E-state index >= 15 is 0 Å². The topological polar surface area (TPSA) is 95.9 Å². The molecule has 0 aromatic carbocycles. The first kappa shape index (κ1) is 61.0. The Morgan fingerprint density at radius 2 is 0.875 bits per heavy atom. The first-order valence-electron chi connectivity index (χ1n) is 26.8. The second-order valence-corrected chi connectivity index (χ2v) is 17.9. The van der Waals surface area contributed by atoms with Crippen LogP contribution in [-0.4, -0.2) is 46.9 Å². The fraction of sp³-hybridized carbons (Fsp3) is 0.724. The van der Waals surface area contributed by atoms with Gasteiger partial charge in [0.15, 0.2) is 0 Å². The van der Waals surface area contributed by atoms with Gasteiger partial charge in [-0.3, -0.25) is 9.59 Å². The van der Waals surface area contributed by atoms with Crippen LogP contribution in [0.15, 0.2) is 85.1 Å². The molecule has 3 unspecified atom stereocenters. The maximum Gasteiger partial charge on any atom is 0.306 e. The van der Waals surface area contributed by atoms with Gasteiger partial charge in [0, 0.05) is 6.42 Å². The number of aliphatic hydroxyl groups is 2. The lowest BCUT2D eigenvalue weighted by Crippen LogP contribution is -2.46. The molecule has 6 nitrogen and oxygen atoms in total. The number of hydrogen-bond acceptors (Lipinski definition) is 5. The van der Waals surface area contributed by atoms with E-state index < -0.39 is 18.2 Å². The minimum absolute atomic E-state index is 0.0560. The quantitative estimate of drug-likeness (QED) is 0.0321. The molecule has 0 fully saturated rings. The monoisotopic (exact) mass is 892 g/mol. The van der Waals surface area contributed by atoms with Gasteiger partial charge in [0.25, 0.3) is 0 Å². The van der Waals surface area contributed by atoms with E-state index in [4.69, 9.17) is 4.74 Å². The predicted octanol–water partition coefficient (Wildman–Crippen LogP) is 16.3. The third-order valence-electron chi connectivity index (χ3n) is 11.7. The van der Waals surface area contributed by atoms with E-state index in [0.717, 1.165) is 83.5 Å². The lowest BCUT2D eigenvalue weighted by molar-refractivity contribution is -0.148. The Kier molecular flexibility index (Phi) is 48.7. The molecule has 3 N–H and O–H groups in total. The van der Waals surface area contributed by atoms with Crippen molar-refractivity contribution >= 4 is 11.9 Å². The average Bonchev–Trinajstić information content (AvgIpc) is 3.29. The van der Waals surface area contributed by atoms with Crippen molar-refractivity contribution in [2.24, 2.45) is 0 Å². The fourth-order valence-corrected chi connectivity index (χ4v) is 7.66. The summed E-state index contributed by atoms with van der Waals surface area (Å²) in [6.07, 6.45) is 66.7. The first-order valence-corrected chi connectivity index (χ1v) is 26.8. The van der Waals surface area contributed by atoms with Crippen LogP contribution in [-0.2, 0) is 14.3 Å². The Labute approximate surface area is 395 Å². The first-order chi connectivity index (χ1) is 31.5. The molecule has 6 heteroatoms. The lowest BCUT2D eigenvalue weighted by atomic mass is 10.0. The summed E-state index contributed by atoms with van der Waals surface area (Å²) < 4.78 is 5.82. The van der Waals surface area contributed by atoms with Crippen molar-refractivity contribution in [2.75, 3.05) is 6.61 Å². The molecular formula is C58H101NO5. The molecule has 0 heterocycles. The molecule has 0 aromatic rings. The SMILES string of the molecule is CC/C=C\C/C=C\C/C=C\C/C=C\C/C=C\C/C=C\C(CC(=O)NC(CO)C(O)CCCCCCCCCCCCCCCC)OC(=O)CCCCC/C=C\CCCCCCCCC. The molecule has 0 aliphatic rings. The predicted molar refractivity (Wildman–Crippen MR) is 278 cm³/mol. The number of unbranched alkanes of at least 4 members (excludes halogenated alkanes) is 23. The standard InChI is InChI=1S/C58H101NO5/c1-4-7-10-13-16-19-22-25-28-29-30-31-34-37-40-43-46-49-54(64-58(63)51-48-45-42-39-36-33-27-24-21-18-15-12-9-6-3)52-57(62)59-55(53-60)56(61)50-47-44-41-38-35-32-26-23-20-17-14-11-8-5-2/h7,10,16,19,25,28,30-31,33,36-37,40,46,49,54-56,60-61H,4-6,8-9,11-15,17-18,20-24,26-27,29,32,34-35,38-39,41-45,47-48,50-53H2,1-3H3,(H,59,62)/b10-7-,19-16-,28-25-,31-30-,36-33-,40-37-,49-46-. The van der Waals surface area contributed by atoms with Crippen molar-refractivity contribution in [1.29, 1.82) is 0 Å². The van der Waals surface area contributed by atoms with Gasteiger partial charge in [0.2, 0.25) is 5.91 Å².